The van der Waals surface area contributed by atoms with Crippen molar-refractivity contribution in [2.75, 3.05) is 9.80 Å². The fourth-order valence-electron chi connectivity index (χ4n) is 2.61. The first-order chi connectivity index (χ1) is 10.8. The molecule has 0 aliphatic carbocycles. The average molecular weight is 479 g/mol. The van der Waals surface area contributed by atoms with E-state index in [0.29, 0.717) is 0 Å². The van der Waals surface area contributed by atoms with Gasteiger partial charge >= 0.3 is 0 Å². The monoisotopic (exact) mass is 479 g/mol. The number of hydrogen-bond acceptors (Lipinski definition) is 4. The Morgan fingerprint density at radius 2 is 1.61 bits per heavy atom. The zero-order chi connectivity index (χ0) is 14.9. The zero-order valence-electron chi connectivity index (χ0n) is 12.5. The van der Waals surface area contributed by atoms with E-state index in [9.17, 15) is 0 Å². The minimum Gasteiger partial charge on any atom is -0.477 e. The summed E-state index contributed by atoms with van der Waals surface area (Å²) in [6.45, 7) is 4.11. The third-order valence-corrected chi connectivity index (χ3v) is 3.67. The minimum absolute atomic E-state index is 0. The van der Waals surface area contributed by atoms with Crippen LogP contribution < -0.4 is 9.80 Å². The number of nitrogens with zero attached hydrogens (tertiary/aromatic N) is 4. The molecule has 5 heteroatoms. The van der Waals surface area contributed by atoms with Crippen molar-refractivity contribution < 1.29 is 20.1 Å². The van der Waals surface area contributed by atoms with Crippen molar-refractivity contribution in [3.8, 4) is 0 Å². The first-order valence-electron chi connectivity index (χ1n) is 7.11. The maximum Gasteiger partial charge on any atom is 0.145 e. The van der Waals surface area contributed by atoms with Crippen LogP contribution in [0.15, 0.2) is 60.9 Å². The van der Waals surface area contributed by atoms with Gasteiger partial charge in [0.05, 0.1) is 0 Å². The fourth-order valence-corrected chi connectivity index (χ4v) is 2.61. The van der Waals surface area contributed by atoms with Crippen molar-refractivity contribution in [3.05, 3.63) is 79.2 Å². The van der Waals surface area contributed by atoms with Gasteiger partial charge in [0.25, 0.3) is 0 Å². The van der Waals surface area contributed by atoms with Crippen LogP contribution in [0.25, 0.3) is 0 Å². The van der Waals surface area contributed by atoms with Crippen molar-refractivity contribution in [1.29, 1.82) is 0 Å². The predicted molar refractivity (Wildman–Crippen MR) is 87.1 cm³/mol. The van der Waals surface area contributed by atoms with Gasteiger partial charge in [0.15, 0.2) is 0 Å². The van der Waals surface area contributed by atoms with Gasteiger partial charge in [0.2, 0.25) is 0 Å². The standard InChI is InChI=1S/C18H14N4.Ir/c1-14-7-5-6-10-16(14)22-13-21(15-8-3-2-4-9-15)17-18(22)20-12-11-19-17;/h2-8,10-13H,1H3;/q-2;. The van der Waals surface area contributed by atoms with E-state index in [1.165, 1.54) is 5.56 Å². The Bertz CT molecular complexity index is 807. The summed E-state index contributed by atoms with van der Waals surface area (Å²) in [5.41, 5.74) is 3.23. The van der Waals surface area contributed by atoms with Crippen molar-refractivity contribution in [1.82, 2.24) is 9.97 Å². The summed E-state index contributed by atoms with van der Waals surface area (Å²) in [7, 11) is 0. The number of aryl methyl sites for hydroxylation is 1. The van der Waals surface area contributed by atoms with E-state index >= 15 is 0 Å². The third kappa shape index (κ3) is 2.74. The van der Waals surface area contributed by atoms with Gasteiger partial charge in [0.1, 0.15) is 11.6 Å². The molecule has 0 atom stereocenters. The van der Waals surface area contributed by atoms with Gasteiger partial charge in [-0.15, -0.1) is 12.4 Å². The number of benzene rings is 2. The van der Waals surface area contributed by atoms with Crippen LogP contribution in [-0.4, -0.2) is 9.97 Å². The second-order valence-corrected chi connectivity index (χ2v) is 5.09. The smallest absolute Gasteiger partial charge is 0.145 e. The molecule has 3 aromatic rings. The maximum atomic E-state index is 4.51. The summed E-state index contributed by atoms with van der Waals surface area (Å²) in [5, 5.41) is 0. The van der Waals surface area contributed by atoms with E-state index in [1.54, 1.807) is 12.4 Å². The molecule has 117 valence electrons. The molecule has 0 fully saturated rings. The van der Waals surface area contributed by atoms with Crippen LogP contribution >= 0.6 is 0 Å². The first kappa shape index (κ1) is 15.7. The van der Waals surface area contributed by atoms with E-state index < -0.39 is 0 Å². The summed E-state index contributed by atoms with van der Waals surface area (Å²) in [6, 6.07) is 19.3. The van der Waals surface area contributed by atoms with Gasteiger partial charge in [0, 0.05) is 38.2 Å². The molecule has 1 aromatic heterocycles. The molecule has 0 amide bonds. The van der Waals surface area contributed by atoms with Crippen LogP contribution in [0.4, 0.5) is 23.0 Å². The quantitative estimate of drug-likeness (QED) is 0.522. The zero-order valence-corrected chi connectivity index (χ0v) is 14.9. The molecule has 0 unspecified atom stereocenters. The second-order valence-electron chi connectivity index (χ2n) is 5.09. The number of rotatable bonds is 2. The molecule has 0 saturated heterocycles. The molecule has 0 N–H and O–H groups in total. The van der Waals surface area contributed by atoms with Gasteiger partial charge in [-0.05, 0) is 18.6 Å². The first-order valence-corrected chi connectivity index (χ1v) is 7.11. The van der Waals surface area contributed by atoms with Gasteiger partial charge in [-0.25, -0.2) is 9.97 Å². The fraction of sp³-hybridized carbons (Fsp3) is 0.0556. The van der Waals surface area contributed by atoms with Crippen LogP contribution in [0, 0.1) is 19.7 Å². The van der Waals surface area contributed by atoms with Gasteiger partial charge < -0.3 is 9.80 Å². The maximum absolute atomic E-state index is 4.51. The molecule has 0 saturated carbocycles. The van der Waals surface area contributed by atoms with Crippen LogP contribution in [0.1, 0.15) is 5.56 Å². The minimum atomic E-state index is 0. The SMILES string of the molecule is Cc1ccccc1N1[CH-]N(c2[c-]cccc2)c2nccnc21.[Ir]. The van der Waals surface area contributed by atoms with Crippen LogP contribution in [-0.2, 0) is 20.1 Å². The summed E-state index contributed by atoms with van der Waals surface area (Å²) in [6.07, 6.45) is 3.43. The number of aromatic nitrogens is 2. The molecule has 2 heterocycles. The summed E-state index contributed by atoms with van der Waals surface area (Å²) in [5.74, 6) is 1.64. The number of hydrogen-bond donors (Lipinski definition) is 0. The van der Waals surface area contributed by atoms with Crippen molar-refractivity contribution >= 4 is 23.0 Å². The normalized spacial score (nSPS) is 12.7. The number of fused-ring (bicyclic) bond motifs is 1. The Hall–Kier alpha value is -2.23. The summed E-state index contributed by atoms with van der Waals surface area (Å²) >= 11 is 0. The molecular weight excluding hydrogens is 464 g/mol. The second kappa shape index (κ2) is 6.49. The van der Waals surface area contributed by atoms with E-state index in [-0.39, 0.29) is 20.1 Å². The van der Waals surface area contributed by atoms with Gasteiger partial charge in [-0.1, -0.05) is 18.2 Å². The van der Waals surface area contributed by atoms with Crippen molar-refractivity contribution in [2.45, 2.75) is 6.92 Å². The Morgan fingerprint density at radius 3 is 2.30 bits per heavy atom. The molecule has 2 aromatic carbocycles. The molecule has 4 rings (SSSR count). The number of anilines is 4. The Balaban J connectivity index is 0.00000156. The van der Waals surface area contributed by atoms with E-state index in [2.05, 4.69) is 40.0 Å². The third-order valence-electron chi connectivity index (χ3n) is 3.67. The Labute approximate surface area is 149 Å². The predicted octanol–water partition coefficient (Wildman–Crippen LogP) is 3.99. The average Bonchev–Trinajstić information content (AvgIpc) is 2.96. The van der Waals surface area contributed by atoms with E-state index in [1.807, 2.05) is 48.0 Å². The molecule has 4 nitrogen and oxygen atoms in total. The van der Waals surface area contributed by atoms with Crippen LogP contribution in [0.5, 0.6) is 0 Å². The van der Waals surface area contributed by atoms with Crippen molar-refractivity contribution in [3.63, 3.8) is 0 Å². The Morgan fingerprint density at radius 1 is 0.913 bits per heavy atom. The molecule has 1 radical (unpaired) electrons. The van der Waals surface area contributed by atoms with Crippen molar-refractivity contribution in [2.24, 2.45) is 0 Å². The van der Waals surface area contributed by atoms with Gasteiger partial charge in [-0.3, -0.25) is 0 Å². The molecule has 0 spiro atoms. The largest absolute Gasteiger partial charge is 0.477 e. The van der Waals surface area contributed by atoms with E-state index in [4.69, 9.17) is 0 Å². The molecule has 1 aliphatic heterocycles. The van der Waals surface area contributed by atoms with Crippen LogP contribution in [0.3, 0.4) is 0 Å². The van der Waals surface area contributed by atoms with Gasteiger partial charge in [-0.2, -0.15) is 30.3 Å². The van der Waals surface area contributed by atoms with E-state index in [0.717, 1.165) is 23.0 Å². The Kier molecular flexibility index (Phi) is 4.42. The topological polar surface area (TPSA) is 32.3 Å². The molecule has 0 bridgehead atoms. The molecule has 1 aliphatic rings. The summed E-state index contributed by atoms with van der Waals surface area (Å²) < 4.78 is 0. The van der Waals surface area contributed by atoms with Crippen LogP contribution in [0.2, 0.25) is 0 Å². The molecular formula is C18H14IrN4-2. The number of para-hydroxylation sites is 2. The summed E-state index contributed by atoms with van der Waals surface area (Å²) in [4.78, 5) is 13.1. The molecule has 23 heavy (non-hydrogen) atoms.